The summed E-state index contributed by atoms with van der Waals surface area (Å²) in [5, 5.41) is 5.80. The van der Waals surface area contributed by atoms with Crippen molar-refractivity contribution < 1.29 is 9.18 Å². The number of carbonyl (C=O) groups excluding carboxylic acids is 1. The highest BCUT2D eigenvalue weighted by Crippen LogP contribution is 2.21. The summed E-state index contributed by atoms with van der Waals surface area (Å²) in [7, 11) is 0. The number of amides is 1. The second kappa shape index (κ2) is 8.99. The van der Waals surface area contributed by atoms with Gasteiger partial charge in [-0.2, -0.15) is 0 Å². The first-order valence-electron chi connectivity index (χ1n) is 9.23. The first-order valence-corrected chi connectivity index (χ1v) is 9.23. The third kappa shape index (κ3) is 4.65. The van der Waals surface area contributed by atoms with Crippen molar-refractivity contribution in [2.75, 3.05) is 28.6 Å². The lowest BCUT2D eigenvalue weighted by Crippen LogP contribution is -2.21. The van der Waals surface area contributed by atoms with Crippen LogP contribution in [0.1, 0.15) is 24.2 Å². The van der Waals surface area contributed by atoms with E-state index in [1.54, 1.807) is 30.5 Å². The minimum atomic E-state index is -0.370. The Balaban J connectivity index is 1.70. The summed E-state index contributed by atoms with van der Waals surface area (Å²) in [6, 6.07) is 15.7. The Bertz CT molecular complexity index is 939. The van der Waals surface area contributed by atoms with Crippen LogP contribution in [0.5, 0.6) is 0 Å². The number of pyridine rings is 1. The smallest absolute Gasteiger partial charge is 0.257 e. The van der Waals surface area contributed by atoms with Crippen LogP contribution >= 0.6 is 0 Å². The molecule has 0 radical (unpaired) electrons. The molecule has 0 fully saturated rings. The molecule has 0 saturated carbocycles. The van der Waals surface area contributed by atoms with E-state index in [4.69, 9.17) is 0 Å². The molecule has 0 atom stereocenters. The summed E-state index contributed by atoms with van der Waals surface area (Å²) < 4.78 is 13.8. The average molecular weight is 378 g/mol. The van der Waals surface area contributed by atoms with E-state index >= 15 is 0 Å². The molecule has 3 aromatic rings. The minimum Gasteiger partial charge on any atom is -0.372 e. The maximum atomic E-state index is 13.8. The van der Waals surface area contributed by atoms with Crippen molar-refractivity contribution in [3.8, 4) is 0 Å². The summed E-state index contributed by atoms with van der Waals surface area (Å²) in [5.41, 5.74) is 3.06. The number of rotatable bonds is 7. The number of nitrogens with one attached hydrogen (secondary N) is 2. The van der Waals surface area contributed by atoms with Crippen LogP contribution in [0.4, 0.5) is 27.1 Å². The maximum Gasteiger partial charge on any atom is 0.257 e. The molecule has 0 spiro atoms. The first kappa shape index (κ1) is 19.4. The highest BCUT2D eigenvalue weighted by Gasteiger charge is 2.09. The topological polar surface area (TPSA) is 57.3 Å². The van der Waals surface area contributed by atoms with Gasteiger partial charge in [0.25, 0.3) is 5.91 Å². The summed E-state index contributed by atoms with van der Waals surface area (Å²) in [6.07, 6.45) is 3.02. The molecular formula is C22H23FN4O. The van der Waals surface area contributed by atoms with Crippen molar-refractivity contribution in [2.24, 2.45) is 0 Å². The molecule has 0 aliphatic carbocycles. The van der Waals surface area contributed by atoms with E-state index in [9.17, 15) is 9.18 Å². The number of halogens is 1. The molecule has 0 unspecified atom stereocenters. The zero-order valence-corrected chi connectivity index (χ0v) is 15.9. The van der Waals surface area contributed by atoms with E-state index in [-0.39, 0.29) is 11.7 Å². The molecule has 2 N–H and O–H groups in total. The second-order valence-corrected chi connectivity index (χ2v) is 6.24. The average Bonchev–Trinajstić information content (AvgIpc) is 2.72. The van der Waals surface area contributed by atoms with Crippen LogP contribution in [-0.2, 0) is 0 Å². The van der Waals surface area contributed by atoms with Gasteiger partial charge in [0, 0.05) is 30.7 Å². The monoisotopic (exact) mass is 378 g/mol. The summed E-state index contributed by atoms with van der Waals surface area (Å²) >= 11 is 0. The van der Waals surface area contributed by atoms with E-state index in [1.165, 1.54) is 12.3 Å². The van der Waals surface area contributed by atoms with E-state index in [0.29, 0.717) is 22.6 Å². The molecule has 144 valence electrons. The number of para-hydroxylation sites is 1. The van der Waals surface area contributed by atoms with Gasteiger partial charge in [-0.1, -0.05) is 12.1 Å². The Morgan fingerprint density at radius 3 is 2.39 bits per heavy atom. The van der Waals surface area contributed by atoms with Crippen LogP contribution in [0.25, 0.3) is 0 Å². The van der Waals surface area contributed by atoms with E-state index in [1.807, 2.05) is 24.3 Å². The van der Waals surface area contributed by atoms with Gasteiger partial charge in [-0.3, -0.25) is 9.78 Å². The molecule has 0 aliphatic rings. The zero-order valence-electron chi connectivity index (χ0n) is 15.9. The third-order valence-corrected chi connectivity index (χ3v) is 4.41. The third-order valence-electron chi connectivity index (χ3n) is 4.41. The number of hydrogen-bond acceptors (Lipinski definition) is 4. The van der Waals surface area contributed by atoms with Gasteiger partial charge in [0.1, 0.15) is 5.82 Å². The predicted molar refractivity (Wildman–Crippen MR) is 112 cm³/mol. The van der Waals surface area contributed by atoms with Crippen molar-refractivity contribution in [3.05, 3.63) is 78.4 Å². The molecular weight excluding hydrogens is 355 g/mol. The molecule has 1 aromatic heterocycles. The highest BCUT2D eigenvalue weighted by atomic mass is 19.1. The molecule has 3 rings (SSSR count). The molecule has 5 nitrogen and oxygen atoms in total. The zero-order chi connectivity index (χ0) is 19.9. The van der Waals surface area contributed by atoms with Crippen molar-refractivity contribution >= 4 is 28.7 Å². The standard InChI is InChI=1S/C22H23FN4O/c1-3-27(4-2)19-11-9-17(10-12-19)26-22(28)16-13-18(15-24-14-16)25-21-8-6-5-7-20(21)23/h5-15,25H,3-4H2,1-2H3,(H,26,28). The van der Waals surface area contributed by atoms with Gasteiger partial charge in [-0.15, -0.1) is 0 Å². The van der Waals surface area contributed by atoms with Gasteiger partial charge in [0.05, 0.1) is 23.1 Å². The Kier molecular flexibility index (Phi) is 6.22. The van der Waals surface area contributed by atoms with Crippen LogP contribution in [0.15, 0.2) is 67.0 Å². The second-order valence-electron chi connectivity index (χ2n) is 6.24. The van der Waals surface area contributed by atoms with Crippen molar-refractivity contribution in [2.45, 2.75) is 13.8 Å². The van der Waals surface area contributed by atoms with Crippen LogP contribution in [-0.4, -0.2) is 24.0 Å². The van der Waals surface area contributed by atoms with Crippen molar-refractivity contribution in [1.82, 2.24) is 4.98 Å². The Morgan fingerprint density at radius 1 is 1.00 bits per heavy atom. The SMILES string of the molecule is CCN(CC)c1ccc(NC(=O)c2cncc(Nc3ccccc3F)c2)cc1. The normalized spacial score (nSPS) is 10.4. The first-order chi connectivity index (χ1) is 13.6. The van der Waals surface area contributed by atoms with Crippen LogP contribution in [0, 0.1) is 5.82 Å². The number of nitrogens with zero attached hydrogens (tertiary/aromatic N) is 2. The lowest BCUT2D eigenvalue weighted by atomic mass is 10.2. The number of carbonyl (C=O) groups is 1. The van der Waals surface area contributed by atoms with Gasteiger partial charge in [-0.05, 0) is 56.3 Å². The van der Waals surface area contributed by atoms with E-state index in [2.05, 4.69) is 34.4 Å². The maximum absolute atomic E-state index is 13.8. The molecule has 6 heteroatoms. The molecule has 0 bridgehead atoms. The van der Waals surface area contributed by atoms with Crippen LogP contribution in [0.2, 0.25) is 0 Å². The van der Waals surface area contributed by atoms with Gasteiger partial charge < -0.3 is 15.5 Å². The number of benzene rings is 2. The van der Waals surface area contributed by atoms with Crippen molar-refractivity contribution in [3.63, 3.8) is 0 Å². The molecule has 1 heterocycles. The number of hydrogen-bond donors (Lipinski definition) is 2. The molecule has 0 saturated heterocycles. The Labute approximate surface area is 164 Å². The quantitative estimate of drug-likeness (QED) is 0.603. The van der Waals surface area contributed by atoms with E-state index < -0.39 is 0 Å². The summed E-state index contributed by atoms with van der Waals surface area (Å²) in [6.45, 7) is 6.06. The molecule has 0 aliphatic heterocycles. The molecule has 1 amide bonds. The predicted octanol–water partition coefficient (Wildman–Crippen LogP) is 5.06. The van der Waals surface area contributed by atoms with Gasteiger partial charge in [0.2, 0.25) is 0 Å². The van der Waals surface area contributed by atoms with Gasteiger partial charge >= 0.3 is 0 Å². The van der Waals surface area contributed by atoms with Crippen LogP contribution < -0.4 is 15.5 Å². The lowest BCUT2D eigenvalue weighted by Gasteiger charge is -2.21. The molecule has 2 aromatic carbocycles. The Morgan fingerprint density at radius 2 is 1.71 bits per heavy atom. The van der Waals surface area contributed by atoms with Crippen LogP contribution in [0.3, 0.4) is 0 Å². The summed E-state index contributed by atoms with van der Waals surface area (Å²) in [4.78, 5) is 18.9. The van der Waals surface area contributed by atoms with Gasteiger partial charge in [0.15, 0.2) is 0 Å². The fourth-order valence-electron chi connectivity index (χ4n) is 2.90. The largest absolute Gasteiger partial charge is 0.372 e. The number of aromatic nitrogens is 1. The Hall–Kier alpha value is -3.41. The minimum absolute atomic E-state index is 0.278. The fourth-order valence-corrected chi connectivity index (χ4v) is 2.90. The highest BCUT2D eigenvalue weighted by molar-refractivity contribution is 6.04. The lowest BCUT2D eigenvalue weighted by molar-refractivity contribution is 0.102. The van der Waals surface area contributed by atoms with E-state index in [0.717, 1.165) is 18.8 Å². The fraction of sp³-hybridized carbons (Fsp3) is 0.182. The summed E-state index contributed by atoms with van der Waals surface area (Å²) in [5.74, 6) is -0.647. The van der Waals surface area contributed by atoms with Gasteiger partial charge in [-0.25, -0.2) is 4.39 Å². The molecule has 28 heavy (non-hydrogen) atoms. The number of anilines is 4. The van der Waals surface area contributed by atoms with Crippen molar-refractivity contribution in [1.29, 1.82) is 0 Å².